The fourth-order valence-corrected chi connectivity index (χ4v) is 5.88. The van der Waals surface area contributed by atoms with Crippen LogP contribution in [0.4, 0.5) is 10.5 Å². The molecule has 212 valence electrons. The van der Waals surface area contributed by atoms with E-state index in [-0.39, 0.29) is 52.4 Å². The molecule has 0 unspecified atom stereocenters. The number of carbonyl (C=O) groups is 3. The van der Waals surface area contributed by atoms with Gasteiger partial charge in [-0.3, -0.25) is 19.6 Å². The summed E-state index contributed by atoms with van der Waals surface area (Å²) in [4.78, 5) is 39.0. The smallest absolute Gasteiger partial charge is 0.322 e. The van der Waals surface area contributed by atoms with Crippen molar-refractivity contribution in [1.82, 2.24) is 15.5 Å². The Balaban J connectivity index is 0.00000420. The van der Waals surface area contributed by atoms with Gasteiger partial charge in [0.1, 0.15) is 17.0 Å². The molecule has 2 aliphatic heterocycles. The zero-order valence-corrected chi connectivity index (χ0v) is 23.5. The maximum Gasteiger partial charge on any atom is 0.322 e. The van der Waals surface area contributed by atoms with Crippen molar-refractivity contribution < 1.29 is 32.3 Å². The number of sulfonamides is 1. The number of nitrogens with one attached hydrogen (secondary N) is 3. The number of benzene rings is 2. The van der Waals surface area contributed by atoms with Gasteiger partial charge in [0, 0.05) is 25.6 Å². The number of ketones is 1. The molecular formula is C26H33ClN4O7S. The van der Waals surface area contributed by atoms with E-state index in [1.54, 1.807) is 18.2 Å². The van der Waals surface area contributed by atoms with Crippen LogP contribution in [-0.2, 0) is 14.8 Å². The standard InChI is InChI=1S/C26H32N4O7S.ClH/c1-36-22-17-23(37-2)20(29-38(34,35)18-8-4-3-5-9-18)16-19(22)21(31)10-6-7-13-30-14-11-26(12-15-30)24(32)27-25(33)28-26;/h3-5,8-9,16-17,29H,6-7,10-15H2,1-2H3,(H2,27,28,32,33);1H. The number of amides is 3. The molecule has 2 aromatic carbocycles. The molecule has 0 radical (unpaired) electrons. The molecule has 0 saturated carbocycles. The molecule has 0 aliphatic carbocycles. The molecular weight excluding hydrogens is 548 g/mol. The molecule has 0 aromatic heterocycles. The zero-order chi connectivity index (χ0) is 27.3. The maximum absolute atomic E-state index is 13.1. The highest BCUT2D eigenvalue weighted by atomic mass is 35.5. The summed E-state index contributed by atoms with van der Waals surface area (Å²) >= 11 is 0. The first-order chi connectivity index (χ1) is 18.2. The van der Waals surface area contributed by atoms with Gasteiger partial charge in [-0.2, -0.15) is 0 Å². The Morgan fingerprint density at radius 2 is 1.69 bits per heavy atom. The zero-order valence-electron chi connectivity index (χ0n) is 21.8. The van der Waals surface area contributed by atoms with Gasteiger partial charge in [0.2, 0.25) is 0 Å². The van der Waals surface area contributed by atoms with Crippen molar-refractivity contribution in [2.75, 3.05) is 38.6 Å². The van der Waals surface area contributed by atoms with E-state index in [0.717, 1.165) is 13.0 Å². The Hall–Kier alpha value is -3.35. The second-order valence-corrected chi connectivity index (χ2v) is 11.1. The molecule has 11 nitrogen and oxygen atoms in total. The van der Waals surface area contributed by atoms with Crippen molar-refractivity contribution in [1.29, 1.82) is 0 Å². The van der Waals surface area contributed by atoms with E-state index >= 15 is 0 Å². The van der Waals surface area contributed by atoms with E-state index in [0.29, 0.717) is 38.1 Å². The van der Waals surface area contributed by atoms with Crippen molar-refractivity contribution in [3.8, 4) is 11.5 Å². The Labute approximate surface area is 234 Å². The fourth-order valence-electron chi connectivity index (χ4n) is 4.79. The van der Waals surface area contributed by atoms with Gasteiger partial charge in [0.15, 0.2) is 5.78 Å². The Morgan fingerprint density at radius 1 is 1.03 bits per heavy atom. The summed E-state index contributed by atoms with van der Waals surface area (Å²) < 4.78 is 39.0. The molecule has 1 spiro atoms. The molecule has 0 bridgehead atoms. The number of methoxy groups -OCH3 is 2. The van der Waals surface area contributed by atoms with E-state index in [4.69, 9.17) is 9.47 Å². The number of hydrogen-bond acceptors (Lipinski definition) is 8. The number of anilines is 1. The topological polar surface area (TPSA) is 143 Å². The summed E-state index contributed by atoms with van der Waals surface area (Å²) in [6.45, 7) is 2.12. The molecule has 2 heterocycles. The van der Waals surface area contributed by atoms with Crippen molar-refractivity contribution in [3.05, 3.63) is 48.0 Å². The van der Waals surface area contributed by atoms with Gasteiger partial charge >= 0.3 is 6.03 Å². The predicted molar refractivity (Wildman–Crippen MR) is 147 cm³/mol. The summed E-state index contributed by atoms with van der Waals surface area (Å²) in [7, 11) is -1.04. The van der Waals surface area contributed by atoms with Crippen LogP contribution in [0.2, 0.25) is 0 Å². The number of rotatable bonds is 11. The summed E-state index contributed by atoms with van der Waals surface area (Å²) in [5.41, 5.74) is -0.387. The van der Waals surface area contributed by atoms with Gasteiger partial charge in [0.25, 0.3) is 15.9 Å². The first-order valence-electron chi connectivity index (χ1n) is 12.4. The van der Waals surface area contributed by atoms with Crippen LogP contribution < -0.4 is 24.8 Å². The molecule has 3 N–H and O–H groups in total. The van der Waals surface area contributed by atoms with Crippen molar-refractivity contribution in [2.24, 2.45) is 0 Å². The minimum atomic E-state index is -3.89. The number of nitrogens with zero attached hydrogens (tertiary/aromatic N) is 1. The van der Waals surface area contributed by atoms with E-state index in [1.807, 2.05) is 0 Å². The van der Waals surface area contributed by atoms with E-state index in [1.165, 1.54) is 38.5 Å². The van der Waals surface area contributed by atoms with Crippen LogP contribution in [0.3, 0.4) is 0 Å². The lowest BCUT2D eigenvalue weighted by Gasteiger charge is -2.36. The van der Waals surface area contributed by atoms with Gasteiger partial charge in [-0.05, 0) is 50.4 Å². The third-order valence-corrected chi connectivity index (χ3v) is 8.35. The van der Waals surface area contributed by atoms with Crippen LogP contribution in [0, 0.1) is 0 Å². The second-order valence-electron chi connectivity index (χ2n) is 9.38. The Bertz CT molecular complexity index is 1310. The summed E-state index contributed by atoms with van der Waals surface area (Å²) in [5, 5.41) is 5.06. The highest BCUT2D eigenvalue weighted by Crippen LogP contribution is 2.35. The number of urea groups is 1. The number of Topliss-reactive ketones (excluding diaryl/α,β-unsaturated/α-hetero) is 1. The lowest BCUT2D eigenvalue weighted by Crippen LogP contribution is -2.54. The van der Waals surface area contributed by atoms with Gasteiger partial charge in [-0.15, -0.1) is 12.4 Å². The predicted octanol–water partition coefficient (Wildman–Crippen LogP) is 2.95. The Kier molecular flexibility index (Phi) is 9.81. The van der Waals surface area contributed by atoms with Crippen molar-refractivity contribution >= 4 is 45.8 Å². The quantitative estimate of drug-likeness (QED) is 0.209. The molecule has 3 amide bonds. The van der Waals surface area contributed by atoms with Gasteiger partial charge < -0.3 is 19.7 Å². The van der Waals surface area contributed by atoms with E-state index in [2.05, 4.69) is 20.3 Å². The van der Waals surface area contributed by atoms with E-state index < -0.39 is 21.6 Å². The number of imide groups is 1. The first kappa shape index (κ1) is 30.2. The summed E-state index contributed by atoms with van der Waals surface area (Å²) in [6.07, 6.45) is 2.74. The monoisotopic (exact) mass is 580 g/mol. The number of piperidine rings is 1. The average molecular weight is 581 g/mol. The van der Waals surface area contributed by atoms with Crippen molar-refractivity contribution in [2.45, 2.75) is 42.5 Å². The molecule has 4 rings (SSSR count). The molecule has 2 fully saturated rings. The number of carbonyl (C=O) groups excluding carboxylic acids is 3. The molecule has 0 atom stereocenters. The number of likely N-dealkylation sites (tertiary alicyclic amines) is 1. The van der Waals surface area contributed by atoms with Crippen LogP contribution in [0.1, 0.15) is 42.5 Å². The number of hydrogen-bond donors (Lipinski definition) is 3. The largest absolute Gasteiger partial charge is 0.496 e. The van der Waals surface area contributed by atoms with Crippen LogP contribution in [-0.4, -0.2) is 70.4 Å². The normalized spacial score (nSPS) is 16.7. The summed E-state index contributed by atoms with van der Waals surface area (Å²) in [5.74, 6) is 0.0971. The van der Waals surface area contributed by atoms with Gasteiger partial charge in [-0.1, -0.05) is 18.2 Å². The molecule has 2 aliphatic rings. The average Bonchev–Trinajstić information content (AvgIpc) is 3.19. The second kappa shape index (κ2) is 12.7. The SMILES string of the molecule is COc1cc(OC)c(C(=O)CCCCN2CCC3(CC2)NC(=O)NC3=O)cc1NS(=O)(=O)c1ccccc1.Cl. The van der Waals surface area contributed by atoms with Crippen LogP contribution in [0.5, 0.6) is 11.5 Å². The van der Waals surface area contributed by atoms with Crippen LogP contribution in [0.15, 0.2) is 47.4 Å². The molecule has 2 saturated heterocycles. The van der Waals surface area contributed by atoms with Crippen molar-refractivity contribution in [3.63, 3.8) is 0 Å². The van der Waals surface area contributed by atoms with Gasteiger partial charge in [0.05, 0.1) is 30.4 Å². The van der Waals surface area contributed by atoms with E-state index in [9.17, 15) is 22.8 Å². The number of ether oxygens (including phenoxy) is 2. The number of halogens is 1. The third kappa shape index (κ3) is 6.81. The minimum absolute atomic E-state index is 0. The third-order valence-electron chi connectivity index (χ3n) is 6.97. The lowest BCUT2D eigenvalue weighted by molar-refractivity contribution is -0.125. The molecule has 13 heteroatoms. The van der Waals surface area contributed by atoms with Gasteiger partial charge in [-0.25, -0.2) is 13.2 Å². The lowest BCUT2D eigenvalue weighted by atomic mass is 9.87. The minimum Gasteiger partial charge on any atom is -0.496 e. The fraction of sp³-hybridized carbons (Fsp3) is 0.423. The molecule has 2 aromatic rings. The number of unbranched alkanes of at least 4 members (excludes halogenated alkanes) is 1. The molecule has 39 heavy (non-hydrogen) atoms. The Morgan fingerprint density at radius 3 is 2.28 bits per heavy atom. The summed E-state index contributed by atoms with van der Waals surface area (Å²) in [6, 6.07) is 10.4. The van der Waals surface area contributed by atoms with Crippen LogP contribution >= 0.6 is 12.4 Å². The first-order valence-corrected chi connectivity index (χ1v) is 13.9. The maximum atomic E-state index is 13.1. The highest BCUT2D eigenvalue weighted by Gasteiger charge is 2.47. The van der Waals surface area contributed by atoms with Crippen LogP contribution in [0.25, 0.3) is 0 Å². The highest BCUT2D eigenvalue weighted by molar-refractivity contribution is 7.92.